The topological polar surface area (TPSA) is 102 Å². The van der Waals surface area contributed by atoms with Gasteiger partial charge in [0, 0.05) is 31.6 Å². The van der Waals surface area contributed by atoms with Gasteiger partial charge in [0.15, 0.2) is 5.69 Å². The molecule has 0 saturated carbocycles. The largest absolute Gasteiger partial charge is 0.464 e. The number of esters is 1. The Labute approximate surface area is 205 Å². The van der Waals surface area contributed by atoms with E-state index in [1.54, 1.807) is 36.4 Å². The predicted molar refractivity (Wildman–Crippen MR) is 133 cm³/mol. The second-order valence-electron chi connectivity index (χ2n) is 9.63. The van der Waals surface area contributed by atoms with Gasteiger partial charge in [0.25, 0.3) is 5.56 Å². The molecule has 0 bridgehead atoms. The maximum absolute atomic E-state index is 13.2. The lowest BCUT2D eigenvalue weighted by atomic mass is 9.87. The number of ether oxygens (including phenoxy) is 1. The number of nitrogens with zero attached hydrogens (tertiary/aromatic N) is 4. The van der Waals surface area contributed by atoms with E-state index < -0.39 is 16.0 Å². The van der Waals surface area contributed by atoms with Crippen LogP contribution in [0.5, 0.6) is 0 Å². The molecule has 1 aliphatic rings. The van der Waals surface area contributed by atoms with E-state index in [1.807, 2.05) is 17.0 Å². The molecule has 1 aromatic heterocycles. The fourth-order valence-electron chi connectivity index (χ4n) is 4.16. The quantitative estimate of drug-likeness (QED) is 0.498. The molecule has 4 rings (SSSR count). The summed E-state index contributed by atoms with van der Waals surface area (Å²) in [5, 5.41) is 5.08. The fourth-order valence-corrected chi connectivity index (χ4v) is 5.58. The molecule has 0 atom stereocenters. The molecule has 1 fully saturated rings. The number of carbonyl (C=O) groups is 1. The molecule has 3 aromatic rings. The molecule has 0 amide bonds. The first-order chi connectivity index (χ1) is 16.5. The number of aromatic nitrogens is 2. The fraction of sp³-hybridized carbons (Fsp3) is 0.400. The minimum atomic E-state index is -3.62. The van der Waals surface area contributed by atoms with Crippen LogP contribution in [0.15, 0.2) is 58.2 Å². The monoisotopic (exact) mass is 498 g/mol. The lowest BCUT2D eigenvalue weighted by molar-refractivity contribution is 0.0590. The van der Waals surface area contributed by atoms with E-state index in [4.69, 9.17) is 4.74 Å². The maximum atomic E-state index is 13.2. The predicted octanol–water partition coefficient (Wildman–Crippen LogP) is 2.44. The molecule has 9 nitrogen and oxygen atoms in total. The van der Waals surface area contributed by atoms with Crippen molar-refractivity contribution in [3.05, 3.63) is 70.1 Å². The third-order valence-corrected chi connectivity index (χ3v) is 8.18. The van der Waals surface area contributed by atoms with Crippen LogP contribution in [0.3, 0.4) is 0 Å². The Hall–Kier alpha value is -3.08. The highest BCUT2D eigenvalue weighted by molar-refractivity contribution is 7.89. The van der Waals surface area contributed by atoms with Crippen LogP contribution < -0.4 is 5.56 Å². The van der Waals surface area contributed by atoms with Gasteiger partial charge in [-0.2, -0.15) is 9.40 Å². The highest BCUT2D eigenvalue weighted by Crippen LogP contribution is 2.25. The summed E-state index contributed by atoms with van der Waals surface area (Å²) in [6, 6.07) is 13.8. The van der Waals surface area contributed by atoms with E-state index in [2.05, 4.69) is 25.9 Å². The Morgan fingerprint density at radius 2 is 1.57 bits per heavy atom. The Morgan fingerprint density at radius 1 is 0.971 bits per heavy atom. The van der Waals surface area contributed by atoms with Crippen molar-refractivity contribution in [3.63, 3.8) is 0 Å². The molecule has 186 valence electrons. The molecule has 0 spiro atoms. The molecule has 1 aliphatic heterocycles. The zero-order valence-electron chi connectivity index (χ0n) is 20.4. The Balaban J connectivity index is 1.50. The van der Waals surface area contributed by atoms with Gasteiger partial charge >= 0.3 is 5.97 Å². The van der Waals surface area contributed by atoms with Gasteiger partial charge in [-0.25, -0.2) is 17.9 Å². The van der Waals surface area contributed by atoms with Crippen molar-refractivity contribution in [2.24, 2.45) is 0 Å². The number of hydrogen-bond donors (Lipinski definition) is 0. The average Bonchev–Trinajstić information content (AvgIpc) is 2.85. The number of methoxy groups -OCH3 is 1. The molecule has 0 radical (unpaired) electrons. The van der Waals surface area contributed by atoms with E-state index >= 15 is 0 Å². The summed E-state index contributed by atoms with van der Waals surface area (Å²) >= 11 is 0. The number of benzene rings is 2. The Morgan fingerprint density at radius 3 is 2.14 bits per heavy atom. The van der Waals surface area contributed by atoms with Crippen LogP contribution in [0.25, 0.3) is 10.8 Å². The molecule has 1 saturated heterocycles. The van der Waals surface area contributed by atoms with Crippen molar-refractivity contribution >= 4 is 26.8 Å². The van der Waals surface area contributed by atoms with E-state index in [0.29, 0.717) is 23.9 Å². The first-order valence-corrected chi connectivity index (χ1v) is 12.9. The van der Waals surface area contributed by atoms with Crippen LogP contribution in [0.1, 0.15) is 36.8 Å². The van der Waals surface area contributed by atoms with Gasteiger partial charge in [-0.3, -0.25) is 9.69 Å². The average molecular weight is 499 g/mol. The zero-order valence-corrected chi connectivity index (χ0v) is 21.2. The lowest BCUT2D eigenvalue weighted by Crippen LogP contribution is -2.50. The van der Waals surface area contributed by atoms with Gasteiger partial charge in [0.2, 0.25) is 10.0 Å². The second-order valence-corrected chi connectivity index (χ2v) is 11.6. The van der Waals surface area contributed by atoms with Gasteiger partial charge in [-0.15, -0.1) is 0 Å². The van der Waals surface area contributed by atoms with E-state index in [0.717, 1.165) is 5.56 Å². The number of carbonyl (C=O) groups excluding carboxylic acids is 1. The van der Waals surface area contributed by atoms with Gasteiger partial charge in [-0.1, -0.05) is 51.1 Å². The number of sulfonamides is 1. The van der Waals surface area contributed by atoms with Gasteiger partial charge < -0.3 is 4.74 Å². The van der Waals surface area contributed by atoms with Crippen molar-refractivity contribution in [2.75, 3.05) is 33.3 Å². The molecule has 2 aromatic carbocycles. The Bertz CT molecular complexity index is 1400. The highest BCUT2D eigenvalue weighted by Gasteiger charge is 2.29. The third kappa shape index (κ3) is 5.00. The molecule has 10 heteroatoms. The van der Waals surface area contributed by atoms with E-state index in [-0.39, 0.29) is 41.3 Å². The van der Waals surface area contributed by atoms with Crippen LogP contribution in [0.2, 0.25) is 0 Å². The minimum Gasteiger partial charge on any atom is -0.464 e. The summed E-state index contributed by atoms with van der Waals surface area (Å²) in [5.74, 6) is -0.622. The summed E-state index contributed by atoms with van der Waals surface area (Å²) < 4.78 is 33.9. The number of fused-ring (bicyclic) bond motifs is 1. The van der Waals surface area contributed by atoms with Crippen LogP contribution in [-0.4, -0.2) is 66.7 Å². The first kappa shape index (κ1) is 25.0. The lowest BCUT2D eigenvalue weighted by Gasteiger charge is -2.34. The van der Waals surface area contributed by atoms with Crippen molar-refractivity contribution in [2.45, 2.75) is 37.8 Å². The van der Waals surface area contributed by atoms with Crippen molar-refractivity contribution in [3.8, 4) is 0 Å². The maximum Gasteiger partial charge on any atom is 0.359 e. The van der Waals surface area contributed by atoms with Gasteiger partial charge in [0.05, 0.1) is 24.1 Å². The molecule has 0 unspecified atom stereocenters. The Kier molecular flexibility index (Phi) is 6.81. The summed E-state index contributed by atoms with van der Waals surface area (Å²) in [6.45, 7) is 7.81. The molecular weight excluding hydrogens is 468 g/mol. The normalized spacial score (nSPS) is 15.9. The smallest absolute Gasteiger partial charge is 0.359 e. The summed E-state index contributed by atoms with van der Waals surface area (Å²) in [4.78, 5) is 27.5. The molecule has 2 heterocycles. The zero-order chi connectivity index (χ0) is 25.4. The van der Waals surface area contributed by atoms with Crippen LogP contribution in [-0.2, 0) is 26.8 Å². The van der Waals surface area contributed by atoms with Crippen LogP contribution in [0, 0.1) is 0 Å². The van der Waals surface area contributed by atoms with E-state index in [9.17, 15) is 18.0 Å². The van der Waals surface area contributed by atoms with Crippen molar-refractivity contribution < 1.29 is 17.9 Å². The third-order valence-electron chi connectivity index (χ3n) is 6.27. The van der Waals surface area contributed by atoms with Gasteiger partial charge in [-0.05, 0) is 29.2 Å². The highest BCUT2D eigenvalue weighted by atomic mass is 32.2. The van der Waals surface area contributed by atoms with E-state index in [1.165, 1.54) is 16.1 Å². The van der Waals surface area contributed by atoms with Crippen LogP contribution >= 0.6 is 0 Å². The number of piperazine rings is 1. The summed E-state index contributed by atoms with van der Waals surface area (Å²) in [7, 11) is -2.35. The second kappa shape index (κ2) is 9.52. The molecule has 0 N–H and O–H groups in total. The standard InChI is InChI=1S/C25H30N4O5S/c1-25(2,3)18-9-11-19(12-10-18)35(32,33)28-15-13-27(14-16-28)17-29-23(30)21-8-6-5-7-20(21)22(26-29)24(31)34-4/h5-12H,13-17H2,1-4H3. The first-order valence-electron chi connectivity index (χ1n) is 11.4. The number of hydrogen-bond acceptors (Lipinski definition) is 7. The molecule has 0 aliphatic carbocycles. The number of rotatable bonds is 5. The van der Waals surface area contributed by atoms with Crippen LogP contribution in [0.4, 0.5) is 0 Å². The molecular formula is C25H30N4O5S. The summed E-state index contributed by atoms with van der Waals surface area (Å²) in [6.07, 6.45) is 0. The minimum absolute atomic E-state index is 0.0590. The molecule has 35 heavy (non-hydrogen) atoms. The summed E-state index contributed by atoms with van der Waals surface area (Å²) in [5.41, 5.74) is 0.766. The van der Waals surface area contributed by atoms with Crippen molar-refractivity contribution in [1.29, 1.82) is 0 Å². The van der Waals surface area contributed by atoms with Gasteiger partial charge in [0.1, 0.15) is 0 Å². The van der Waals surface area contributed by atoms with Crippen molar-refractivity contribution in [1.82, 2.24) is 19.0 Å². The SMILES string of the molecule is COC(=O)c1nn(CN2CCN(S(=O)(=O)c3ccc(C(C)(C)C)cc3)CC2)c(=O)c2ccccc12.